The van der Waals surface area contributed by atoms with Crippen molar-refractivity contribution in [3.63, 3.8) is 0 Å². The molecular formula is C12H19N7O. The summed E-state index contributed by atoms with van der Waals surface area (Å²) in [6, 6.07) is 0. The Balaban J connectivity index is 2.13. The van der Waals surface area contributed by atoms with Gasteiger partial charge >= 0.3 is 0 Å². The smallest absolute Gasteiger partial charge is 0.239 e. The molecule has 108 valence electrons. The second-order valence-corrected chi connectivity index (χ2v) is 5.43. The lowest BCUT2D eigenvalue weighted by Crippen LogP contribution is -2.43. The topological polar surface area (TPSA) is 108 Å². The molecule has 2 aromatic heterocycles. The highest BCUT2D eigenvalue weighted by Gasteiger charge is 2.14. The number of nitrogens with zero attached hydrogens (tertiary/aromatic N) is 3. The molecule has 20 heavy (non-hydrogen) atoms. The first kappa shape index (κ1) is 14.0. The number of carbonyl (C=O) groups excluding carboxylic acids is 1. The van der Waals surface area contributed by atoms with Gasteiger partial charge in [-0.25, -0.2) is 0 Å². The predicted octanol–water partition coefficient (Wildman–Crippen LogP) is 0.721. The fourth-order valence-corrected chi connectivity index (χ4v) is 1.71. The van der Waals surface area contributed by atoms with E-state index < -0.39 is 0 Å². The van der Waals surface area contributed by atoms with Gasteiger partial charge in [0.1, 0.15) is 5.82 Å². The minimum atomic E-state index is -0.258. The van der Waals surface area contributed by atoms with E-state index in [0.717, 1.165) is 5.39 Å². The van der Waals surface area contributed by atoms with Gasteiger partial charge in [0, 0.05) is 12.6 Å². The molecule has 1 amide bonds. The lowest BCUT2D eigenvalue weighted by molar-refractivity contribution is -0.120. The van der Waals surface area contributed by atoms with Crippen LogP contribution in [0.5, 0.6) is 0 Å². The van der Waals surface area contributed by atoms with E-state index in [4.69, 9.17) is 0 Å². The lowest BCUT2D eigenvalue weighted by Gasteiger charge is -2.20. The number of aromatic nitrogens is 4. The monoisotopic (exact) mass is 277 g/mol. The highest BCUT2D eigenvalue weighted by Crippen LogP contribution is 2.19. The third-order valence-electron chi connectivity index (χ3n) is 2.46. The largest absolute Gasteiger partial charge is 0.360 e. The molecule has 0 unspecified atom stereocenters. The van der Waals surface area contributed by atoms with Crippen molar-refractivity contribution in [2.75, 3.05) is 24.2 Å². The summed E-state index contributed by atoms with van der Waals surface area (Å²) in [5.41, 5.74) is 0.356. The van der Waals surface area contributed by atoms with E-state index in [1.807, 2.05) is 20.8 Å². The number of rotatable bonds is 4. The second kappa shape index (κ2) is 5.32. The normalized spacial score (nSPS) is 11.4. The second-order valence-electron chi connectivity index (χ2n) is 5.43. The summed E-state index contributed by atoms with van der Waals surface area (Å²) < 4.78 is 0. The molecule has 0 atom stereocenters. The van der Waals surface area contributed by atoms with Crippen LogP contribution in [0.2, 0.25) is 0 Å². The number of fused-ring (bicyclic) bond motifs is 1. The fraction of sp³-hybridized carbons (Fsp3) is 0.500. The number of aromatic amines is 1. The molecule has 0 fully saturated rings. The molecule has 2 aromatic rings. The lowest BCUT2D eigenvalue weighted by atomic mass is 10.1. The van der Waals surface area contributed by atoms with Crippen LogP contribution in [0.25, 0.3) is 11.0 Å². The van der Waals surface area contributed by atoms with Crippen molar-refractivity contribution in [2.24, 2.45) is 0 Å². The Morgan fingerprint density at radius 2 is 2.10 bits per heavy atom. The Morgan fingerprint density at radius 3 is 2.75 bits per heavy atom. The van der Waals surface area contributed by atoms with Crippen LogP contribution in [-0.4, -0.2) is 45.2 Å². The summed E-state index contributed by atoms with van der Waals surface area (Å²) in [6.45, 7) is 5.94. The molecule has 2 rings (SSSR count). The van der Waals surface area contributed by atoms with Gasteiger partial charge in [0.2, 0.25) is 11.9 Å². The maximum absolute atomic E-state index is 11.8. The van der Waals surface area contributed by atoms with Gasteiger partial charge in [0.15, 0.2) is 5.65 Å². The molecule has 0 radical (unpaired) electrons. The average molecular weight is 277 g/mol. The van der Waals surface area contributed by atoms with Gasteiger partial charge in [-0.05, 0) is 20.8 Å². The van der Waals surface area contributed by atoms with Crippen LogP contribution < -0.4 is 16.0 Å². The van der Waals surface area contributed by atoms with E-state index >= 15 is 0 Å². The molecule has 0 spiro atoms. The van der Waals surface area contributed by atoms with Crippen molar-refractivity contribution in [1.29, 1.82) is 0 Å². The number of hydrogen-bond acceptors (Lipinski definition) is 6. The number of H-pyrrole nitrogens is 1. The number of nitrogens with one attached hydrogen (secondary N) is 4. The Labute approximate surface area is 116 Å². The highest BCUT2D eigenvalue weighted by molar-refractivity contribution is 5.89. The maximum atomic E-state index is 11.8. The molecule has 2 heterocycles. The standard InChI is InChI=1S/C12H19N7O/c1-12(2,3)18-8(20)6-14-9-7-5-15-19-10(7)17-11(13-4)16-9/h5H,6H2,1-4H3,(H,18,20)(H3,13,14,15,16,17,19). The van der Waals surface area contributed by atoms with Crippen LogP contribution in [-0.2, 0) is 4.79 Å². The molecule has 0 saturated carbocycles. The summed E-state index contributed by atoms with van der Waals surface area (Å²) in [6.07, 6.45) is 1.62. The zero-order chi connectivity index (χ0) is 14.8. The fourth-order valence-electron chi connectivity index (χ4n) is 1.71. The van der Waals surface area contributed by atoms with E-state index in [9.17, 15) is 4.79 Å². The van der Waals surface area contributed by atoms with E-state index in [1.165, 1.54) is 0 Å². The number of anilines is 2. The number of hydrogen-bond donors (Lipinski definition) is 4. The quantitative estimate of drug-likeness (QED) is 0.656. The molecule has 0 aliphatic heterocycles. The van der Waals surface area contributed by atoms with Crippen LogP contribution in [0.3, 0.4) is 0 Å². The van der Waals surface area contributed by atoms with Gasteiger partial charge in [-0.2, -0.15) is 15.1 Å². The zero-order valence-corrected chi connectivity index (χ0v) is 12.0. The molecule has 4 N–H and O–H groups in total. The first-order valence-electron chi connectivity index (χ1n) is 6.33. The average Bonchev–Trinajstić information content (AvgIpc) is 2.81. The van der Waals surface area contributed by atoms with Gasteiger partial charge in [0.05, 0.1) is 18.1 Å². The van der Waals surface area contributed by atoms with Crippen LogP contribution in [0.1, 0.15) is 20.8 Å². The molecule has 0 bridgehead atoms. The maximum Gasteiger partial charge on any atom is 0.239 e. The highest BCUT2D eigenvalue weighted by atomic mass is 16.2. The first-order valence-corrected chi connectivity index (χ1v) is 6.33. The minimum Gasteiger partial charge on any atom is -0.360 e. The molecule has 0 saturated heterocycles. The summed E-state index contributed by atoms with van der Waals surface area (Å²) in [5.74, 6) is 0.927. The predicted molar refractivity (Wildman–Crippen MR) is 77.6 cm³/mol. The molecule has 0 aliphatic carbocycles. The van der Waals surface area contributed by atoms with Gasteiger partial charge in [0.25, 0.3) is 0 Å². The van der Waals surface area contributed by atoms with E-state index in [-0.39, 0.29) is 18.0 Å². The Morgan fingerprint density at radius 1 is 1.35 bits per heavy atom. The summed E-state index contributed by atoms with van der Waals surface area (Å²) in [5, 5.41) is 16.2. The minimum absolute atomic E-state index is 0.0984. The van der Waals surface area contributed by atoms with Gasteiger partial charge in [-0.15, -0.1) is 0 Å². The van der Waals surface area contributed by atoms with Crippen molar-refractivity contribution in [3.8, 4) is 0 Å². The van der Waals surface area contributed by atoms with Crippen molar-refractivity contribution in [2.45, 2.75) is 26.3 Å². The van der Waals surface area contributed by atoms with Crippen molar-refractivity contribution in [3.05, 3.63) is 6.20 Å². The SMILES string of the molecule is CNc1nc(NCC(=O)NC(C)(C)C)c2cn[nH]c2n1. The zero-order valence-electron chi connectivity index (χ0n) is 12.0. The summed E-state index contributed by atoms with van der Waals surface area (Å²) in [7, 11) is 1.73. The Bertz CT molecular complexity index is 614. The molecule has 0 aliphatic rings. The molecular weight excluding hydrogens is 258 g/mol. The van der Waals surface area contributed by atoms with Crippen molar-refractivity contribution in [1.82, 2.24) is 25.5 Å². The third-order valence-corrected chi connectivity index (χ3v) is 2.46. The van der Waals surface area contributed by atoms with Gasteiger partial charge in [-0.1, -0.05) is 0 Å². The van der Waals surface area contributed by atoms with E-state index in [0.29, 0.717) is 17.4 Å². The Hall–Kier alpha value is -2.38. The third kappa shape index (κ3) is 3.34. The van der Waals surface area contributed by atoms with E-state index in [2.05, 4.69) is 36.1 Å². The van der Waals surface area contributed by atoms with Crippen LogP contribution in [0.4, 0.5) is 11.8 Å². The first-order chi connectivity index (χ1) is 9.39. The summed E-state index contributed by atoms with van der Waals surface area (Å²) >= 11 is 0. The van der Waals surface area contributed by atoms with Crippen LogP contribution in [0.15, 0.2) is 6.20 Å². The van der Waals surface area contributed by atoms with Crippen molar-refractivity contribution < 1.29 is 4.79 Å². The molecule has 0 aromatic carbocycles. The Kier molecular flexibility index (Phi) is 3.73. The van der Waals surface area contributed by atoms with Gasteiger partial charge in [-0.3, -0.25) is 9.89 Å². The van der Waals surface area contributed by atoms with Crippen molar-refractivity contribution >= 4 is 28.7 Å². The van der Waals surface area contributed by atoms with E-state index in [1.54, 1.807) is 13.2 Å². The molecule has 8 heteroatoms. The molecule has 8 nitrogen and oxygen atoms in total. The van der Waals surface area contributed by atoms with Gasteiger partial charge < -0.3 is 16.0 Å². The van der Waals surface area contributed by atoms with Crippen LogP contribution >= 0.6 is 0 Å². The summed E-state index contributed by atoms with van der Waals surface area (Å²) in [4.78, 5) is 20.3. The number of carbonyl (C=O) groups is 1. The number of amides is 1. The van der Waals surface area contributed by atoms with Crippen LogP contribution in [0, 0.1) is 0 Å².